The minimum atomic E-state index is -3.49. The summed E-state index contributed by atoms with van der Waals surface area (Å²) >= 11 is -3.49. The van der Waals surface area contributed by atoms with Gasteiger partial charge in [0.05, 0.1) is 0 Å². The van der Waals surface area contributed by atoms with Gasteiger partial charge in [0.1, 0.15) is 0 Å². The second kappa shape index (κ2) is 8.78. The molecule has 17 heavy (non-hydrogen) atoms. The van der Waals surface area contributed by atoms with Gasteiger partial charge >= 0.3 is 109 Å². The van der Waals surface area contributed by atoms with E-state index in [9.17, 15) is 9.59 Å². The number of hydrogen-bond acceptors (Lipinski definition) is 4. The van der Waals surface area contributed by atoms with Crippen LogP contribution in [0, 0.1) is 0 Å². The third-order valence-corrected chi connectivity index (χ3v) is 13.1. The molecular formula is C12H24O4Sn. The molecule has 0 aliphatic heterocycles. The molecule has 0 aromatic carbocycles. The Labute approximate surface area is 109 Å². The van der Waals surface area contributed by atoms with E-state index in [1.165, 1.54) is 0 Å². The quantitative estimate of drug-likeness (QED) is 0.631. The molecule has 0 amide bonds. The van der Waals surface area contributed by atoms with Crippen molar-refractivity contribution in [3.8, 4) is 0 Å². The molecule has 0 bridgehead atoms. The zero-order chi connectivity index (χ0) is 13.3. The Kier molecular flexibility index (Phi) is 8.64. The van der Waals surface area contributed by atoms with Gasteiger partial charge in [-0.25, -0.2) is 0 Å². The number of rotatable bonds is 8. The van der Waals surface area contributed by atoms with Crippen LogP contribution in [0.4, 0.5) is 0 Å². The normalized spacial score (nSPS) is 11.1. The van der Waals surface area contributed by atoms with Crippen molar-refractivity contribution in [2.45, 2.75) is 62.3 Å². The summed E-state index contributed by atoms with van der Waals surface area (Å²) in [4.78, 5) is 23.0. The van der Waals surface area contributed by atoms with Gasteiger partial charge in [0.25, 0.3) is 0 Å². The molecule has 0 N–H and O–H groups in total. The summed E-state index contributed by atoms with van der Waals surface area (Å²) < 4.78 is 12.7. The van der Waals surface area contributed by atoms with Crippen LogP contribution in [-0.2, 0) is 15.7 Å². The zero-order valence-electron chi connectivity index (χ0n) is 11.4. The molecule has 100 valence electrons. The second-order valence-corrected chi connectivity index (χ2v) is 13.3. The van der Waals surface area contributed by atoms with Crippen LogP contribution in [0.15, 0.2) is 0 Å². The number of carbonyl (C=O) groups excluding carboxylic acids is 2. The molecule has 0 unspecified atom stereocenters. The molecule has 0 saturated carbocycles. The molecule has 0 heterocycles. The maximum atomic E-state index is 11.5. The molecule has 0 spiro atoms. The average Bonchev–Trinajstić information content (AvgIpc) is 2.29. The molecule has 0 atom stereocenters. The standard InChI is InChI=1S/2C3H6O2.2C3H7.Sn/c2*1-2-3(4)5;2*1-3-2;/h2*2H2,1H3,(H,4,5);2*1,3H2,2H3;/q;;;;+2/p-2. The van der Waals surface area contributed by atoms with Gasteiger partial charge in [-0.1, -0.05) is 0 Å². The van der Waals surface area contributed by atoms with Crippen LogP contribution < -0.4 is 0 Å². The van der Waals surface area contributed by atoms with Gasteiger partial charge in [-0.3, -0.25) is 0 Å². The Balaban J connectivity index is 4.82. The van der Waals surface area contributed by atoms with Crippen LogP contribution in [0.2, 0.25) is 8.87 Å². The van der Waals surface area contributed by atoms with E-state index >= 15 is 0 Å². The molecule has 5 heteroatoms. The van der Waals surface area contributed by atoms with E-state index in [0.717, 1.165) is 21.7 Å². The zero-order valence-corrected chi connectivity index (χ0v) is 14.2. The first kappa shape index (κ1) is 16.7. The van der Waals surface area contributed by atoms with Crippen molar-refractivity contribution < 1.29 is 15.7 Å². The summed E-state index contributed by atoms with van der Waals surface area (Å²) in [6.07, 6.45) is 2.47. The van der Waals surface area contributed by atoms with Crippen LogP contribution in [0.1, 0.15) is 53.4 Å². The summed E-state index contributed by atoms with van der Waals surface area (Å²) in [7, 11) is 0. The SMILES string of the molecule is CC[CH2][Sn]([CH2]CC)([O]C(=O)CC)[O]C(=O)CC. The third kappa shape index (κ3) is 6.29. The van der Waals surface area contributed by atoms with Crippen molar-refractivity contribution in [2.24, 2.45) is 0 Å². The van der Waals surface area contributed by atoms with Gasteiger partial charge in [0.15, 0.2) is 0 Å². The fourth-order valence-corrected chi connectivity index (χ4v) is 11.2. The Bertz CT molecular complexity index is 227. The first-order valence-corrected chi connectivity index (χ1v) is 12.8. The monoisotopic (exact) mass is 352 g/mol. The molecule has 0 saturated heterocycles. The van der Waals surface area contributed by atoms with Crippen LogP contribution in [0.25, 0.3) is 0 Å². The minimum absolute atomic E-state index is 0.230. The number of hydrogen-bond donors (Lipinski definition) is 0. The second-order valence-electron chi connectivity index (χ2n) is 4.07. The molecule has 0 rings (SSSR count). The van der Waals surface area contributed by atoms with Gasteiger partial charge in [0, 0.05) is 0 Å². The summed E-state index contributed by atoms with van der Waals surface area (Å²) in [5.41, 5.74) is 0. The molecule has 0 aliphatic carbocycles. The summed E-state index contributed by atoms with van der Waals surface area (Å²) in [6.45, 7) is 7.58. The van der Waals surface area contributed by atoms with Crippen molar-refractivity contribution in [3.63, 3.8) is 0 Å². The van der Waals surface area contributed by atoms with Gasteiger partial charge < -0.3 is 0 Å². The maximum absolute atomic E-state index is 11.5. The van der Waals surface area contributed by atoms with E-state index in [1.54, 1.807) is 13.8 Å². The fourth-order valence-electron chi connectivity index (χ4n) is 1.67. The summed E-state index contributed by atoms with van der Waals surface area (Å²) in [6, 6.07) is 0. The molecule has 0 aliphatic rings. The first-order valence-electron chi connectivity index (χ1n) is 6.47. The Hall–Kier alpha value is -0.261. The number of carbonyl (C=O) groups is 2. The van der Waals surface area contributed by atoms with Crippen molar-refractivity contribution in [3.05, 3.63) is 0 Å². The summed E-state index contributed by atoms with van der Waals surface area (Å²) in [5.74, 6) is -0.460. The Morgan fingerprint density at radius 1 is 0.824 bits per heavy atom. The van der Waals surface area contributed by atoms with Crippen molar-refractivity contribution in [1.82, 2.24) is 0 Å². The molecule has 0 aromatic heterocycles. The van der Waals surface area contributed by atoms with Crippen molar-refractivity contribution >= 4 is 31.1 Å². The Morgan fingerprint density at radius 2 is 1.18 bits per heavy atom. The topological polar surface area (TPSA) is 52.6 Å². The molecule has 0 radical (unpaired) electrons. The van der Waals surface area contributed by atoms with Crippen molar-refractivity contribution in [1.29, 1.82) is 0 Å². The van der Waals surface area contributed by atoms with Gasteiger partial charge in [-0.15, -0.1) is 0 Å². The van der Waals surface area contributed by atoms with E-state index in [2.05, 4.69) is 0 Å². The molecule has 4 nitrogen and oxygen atoms in total. The molecule has 0 fully saturated rings. The van der Waals surface area contributed by atoms with E-state index < -0.39 is 19.2 Å². The van der Waals surface area contributed by atoms with E-state index in [0.29, 0.717) is 12.8 Å². The van der Waals surface area contributed by atoms with E-state index in [-0.39, 0.29) is 11.9 Å². The Morgan fingerprint density at radius 3 is 1.41 bits per heavy atom. The predicted octanol–water partition coefficient (Wildman–Crippen LogP) is 3.16. The molecule has 0 aromatic rings. The van der Waals surface area contributed by atoms with Crippen LogP contribution in [-0.4, -0.2) is 31.1 Å². The van der Waals surface area contributed by atoms with E-state index in [4.69, 9.17) is 6.15 Å². The van der Waals surface area contributed by atoms with Gasteiger partial charge in [0.2, 0.25) is 0 Å². The van der Waals surface area contributed by atoms with Crippen molar-refractivity contribution in [2.75, 3.05) is 0 Å². The van der Waals surface area contributed by atoms with Gasteiger partial charge in [-0.2, -0.15) is 0 Å². The van der Waals surface area contributed by atoms with Crippen LogP contribution in [0.3, 0.4) is 0 Å². The third-order valence-electron chi connectivity index (χ3n) is 2.44. The average molecular weight is 351 g/mol. The van der Waals surface area contributed by atoms with Gasteiger partial charge in [-0.05, 0) is 0 Å². The first-order chi connectivity index (χ1) is 8.03. The van der Waals surface area contributed by atoms with E-state index in [1.807, 2.05) is 13.8 Å². The molecular weight excluding hydrogens is 327 g/mol. The van der Waals surface area contributed by atoms with Crippen LogP contribution in [0.5, 0.6) is 0 Å². The van der Waals surface area contributed by atoms with Crippen LogP contribution >= 0.6 is 0 Å². The predicted molar refractivity (Wildman–Crippen MR) is 68.7 cm³/mol. The summed E-state index contributed by atoms with van der Waals surface area (Å²) in [5, 5.41) is 0. The fraction of sp³-hybridized carbons (Fsp3) is 0.833.